The molecular weight excluding hydrogens is 375 g/mol. The topological polar surface area (TPSA) is 75.7 Å². The highest BCUT2D eigenvalue weighted by Crippen LogP contribution is 2.32. The number of halogens is 2. The van der Waals surface area contributed by atoms with Gasteiger partial charge in [-0.3, -0.25) is 9.10 Å². The molecule has 1 aromatic rings. The van der Waals surface area contributed by atoms with Gasteiger partial charge in [-0.25, -0.2) is 8.42 Å². The molecule has 1 aliphatic heterocycles. The Kier molecular flexibility index (Phi) is 6.36. The molecule has 0 aromatic heterocycles. The summed E-state index contributed by atoms with van der Waals surface area (Å²) in [7, 11) is -3.74. The van der Waals surface area contributed by atoms with Crippen LogP contribution in [0, 0.1) is 0 Å². The molecule has 1 heterocycles. The molecule has 0 spiro atoms. The average molecular weight is 395 g/mol. The fraction of sp³-hybridized carbons (Fsp3) is 0.533. The van der Waals surface area contributed by atoms with Crippen molar-refractivity contribution in [1.82, 2.24) is 5.32 Å². The lowest BCUT2D eigenvalue weighted by Gasteiger charge is -2.29. The van der Waals surface area contributed by atoms with Crippen molar-refractivity contribution in [1.29, 1.82) is 0 Å². The van der Waals surface area contributed by atoms with Gasteiger partial charge in [-0.05, 0) is 38.0 Å². The van der Waals surface area contributed by atoms with Crippen LogP contribution in [-0.4, -0.2) is 45.9 Å². The van der Waals surface area contributed by atoms with Crippen molar-refractivity contribution in [2.75, 3.05) is 23.7 Å². The van der Waals surface area contributed by atoms with Gasteiger partial charge >= 0.3 is 0 Å². The summed E-state index contributed by atoms with van der Waals surface area (Å²) < 4.78 is 30.9. The summed E-state index contributed by atoms with van der Waals surface area (Å²) in [4.78, 5) is 12.4. The third kappa shape index (κ3) is 4.75. The molecule has 0 aliphatic carbocycles. The first-order chi connectivity index (χ1) is 11.2. The predicted octanol–water partition coefficient (Wildman–Crippen LogP) is 2.44. The Balaban J connectivity index is 2.20. The van der Waals surface area contributed by atoms with E-state index >= 15 is 0 Å². The van der Waals surface area contributed by atoms with E-state index in [4.69, 9.17) is 27.9 Å². The van der Waals surface area contributed by atoms with Gasteiger partial charge < -0.3 is 10.1 Å². The second kappa shape index (κ2) is 7.91. The molecular formula is C15H20Cl2N2O4S. The van der Waals surface area contributed by atoms with Crippen LogP contribution < -0.4 is 9.62 Å². The molecule has 0 radical (unpaired) electrons. The van der Waals surface area contributed by atoms with Gasteiger partial charge in [-0.15, -0.1) is 0 Å². The minimum atomic E-state index is -3.74. The molecule has 1 N–H and O–H groups in total. The summed E-state index contributed by atoms with van der Waals surface area (Å²) in [6, 6.07) is 3.50. The van der Waals surface area contributed by atoms with Crippen LogP contribution in [0.15, 0.2) is 18.2 Å². The number of anilines is 1. The van der Waals surface area contributed by atoms with E-state index in [2.05, 4.69) is 5.32 Å². The highest BCUT2D eigenvalue weighted by Gasteiger charge is 2.31. The number of rotatable bonds is 6. The number of ether oxygens (including phenoxy) is 1. The van der Waals surface area contributed by atoms with Crippen molar-refractivity contribution >= 4 is 44.8 Å². The van der Waals surface area contributed by atoms with Crippen molar-refractivity contribution in [2.45, 2.75) is 31.9 Å². The second-order valence-corrected chi connectivity index (χ2v) is 8.41. The highest BCUT2D eigenvalue weighted by molar-refractivity contribution is 7.92. The number of hydrogen-bond acceptors (Lipinski definition) is 4. The van der Waals surface area contributed by atoms with E-state index in [1.165, 1.54) is 19.1 Å². The molecule has 24 heavy (non-hydrogen) atoms. The first kappa shape index (κ1) is 19.3. The van der Waals surface area contributed by atoms with Crippen LogP contribution in [0.3, 0.4) is 0 Å². The Morgan fingerprint density at radius 2 is 2.17 bits per heavy atom. The Labute approximate surface area is 152 Å². The number of amides is 1. The standard InChI is InChI=1S/C15H20Cl2N2O4S/c1-10(15(20)18-9-12-4-3-7-23-12)19(24(2,21)22)14-8-11(16)5-6-13(14)17/h5-6,8,10,12H,3-4,7,9H2,1-2H3,(H,18,20)/t10-,12+/m0/s1. The number of carbonyl (C=O) groups is 1. The highest BCUT2D eigenvalue weighted by atomic mass is 35.5. The maximum atomic E-state index is 12.4. The summed E-state index contributed by atoms with van der Waals surface area (Å²) in [5, 5.41) is 3.26. The lowest BCUT2D eigenvalue weighted by molar-refractivity contribution is -0.122. The lowest BCUT2D eigenvalue weighted by atomic mass is 10.2. The van der Waals surface area contributed by atoms with Crippen molar-refractivity contribution in [3.63, 3.8) is 0 Å². The first-order valence-electron chi connectivity index (χ1n) is 7.54. The van der Waals surface area contributed by atoms with Crippen LogP contribution in [-0.2, 0) is 19.6 Å². The van der Waals surface area contributed by atoms with Gasteiger partial charge in [-0.1, -0.05) is 23.2 Å². The van der Waals surface area contributed by atoms with E-state index in [1.54, 1.807) is 6.07 Å². The van der Waals surface area contributed by atoms with Gasteiger partial charge in [0.1, 0.15) is 6.04 Å². The molecule has 9 heteroatoms. The quantitative estimate of drug-likeness (QED) is 0.803. The van der Waals surface area contributed by atoms with Crippen molar-refractivity contribution in [3.05, 3.63) is 28.2 Å². The summed E-state index contributed by atoms with van der Waals surface area (Å²) in [6.45, 7) is 2.54. The summed E-state index contributed by atoms with van der Waals surface area (Å²) in [5.41, 5.74) is 0.173. The van der Waals surface area contributed by atoms with Crippen LogP contribution in [0.4, 0.5) is 5.69 Å². The molecule has 0 bridgehead atoms. The number of hydrogen-bond donors (Lipinski definition) is 1. The van der Waals surface area contributed by atoms with Crippen LogP contribution in [0.5, 0.6) is 0 Å². The molecule has 1 saturated heterocycles. The third-order valence-electron chi connectivity index (χ3n) is 3.76. The van der Waals surface area contributed by atoms with Crippen molar-refractivity contribution < 1.29 is 17.9 Å². The minimum absolute atomic E-state index is 0.0254. The van der Waals surface area contributed by atoms with Crippen LogP contribution >= 0.6 is 23.2 Å². The SMILES string of the molecule is C[C@@H](C(=O)NC[C@H]1CCCO1)N(c1cc(Cl)ccc1Cl)S(C)(=O)=O. The molecule has 1 aromatic carbocycles. The van der Waals surface area contributed by atoms with Crippen LogP contribution in [0.1, 0.15) is 19.8 Å². The number of carbonyl (C=O) groups excluding carboxylic acids is 1. The molecule has 134 valence electrons. The molecule has 1 amide bonds. The van der Waals surface area contributed by atoms with E-state index in [0.29, 0.717) is 18.2 Å². The van der Waals surface area contributed by atoms with Gasteiger partial charge in [0.05, 0.1) is 23.1 Å². The molecule has 0 unspecified atom stereocenters. The third-order valence-corrected chi connectivity index (χ3v) is 5.54. The normalized spacial score (nSPS) is 19.1. The minimum Gasteiger partial charge on any atom is -0.376 e. The number of sulfonamides is 1. The fourth-order valence-corrected chi connectivity index (χ4v) is 4.21. The zero-order valence-corrected chi connectivity index (χ0v) is 15.8. The first-order valence-corrected chi connectivity index (χ1v) is 10.1. The molecule has 2 rings (SSSR count). The van der Waals surface area contributed by atoms with Crippen LogP contribution in [0.25, 0.3) is 0 Å². The average Bonchev–Trinajstić information content (AvgIpc) is 3.00. The number of nitrogens with one attached hydrogen (secondary N) is 1. The summed E-state index contributed by atoms with van der Waals surface area (Å²) in [5.74, 6) is -0.424. The molecule has 1 fully saturated rings. The maximum absolute atomic E-state index is 12.4. The van der Waals surface area contributed by atoms with E-state index in [1.807, 2.05) is 0 Å². The number of benzene rings is 1. The van der Waals surface area contributed by atoms with Crippen LogP contribution in [0.2, 0.25) is 10.0 Å². The molecule has 2 atom stereocenters. The Morgan fingerprint density at radius 3 is 2.75 bits per heavy atom. The van der Waals surface area contributed by atoms with E-state index < -0.39 is 22.0 Å². The largest absolute Gasteiger partial charge is 0.376 e. The zero-order valence-electron chi connectivity index (χ0n) is 13.5. The van der Waals surface area contributed by atoms with Gasteiger partial charge in [0, 0.05) is 18.2 Å². The van der Waals surface area contributed by atoms with Gasteiger partial charge in [0.25, 0.3) is 0 Å². The maximum Gasteiger partial charge on any atom is 0.243 e. The number of nitrogens with zero attached hydrogens (tertiary/aromatic N) is 1. The summed E-state index contributed by atoms with van der Waals surface area (Å²) >= 11 is 12.1. The Bertz CT molecular complexity index is 705. The van der Waals surface area contributed by atoms with E-state index in [0.717, 1.165) is 23.4 Å². The zero-order chi connectivity index (χ0) is 17.9. The Hall–Kier alpha value is -1.02. The molecule has 1 aliphatic rings. The van der Waals surface area contributed by atoms with Crippen molar-refractivity contribution in [3.8, 4) is 0 Å². The van der Waals surface area contributed by atoms with E-state index in [-0.39, 0.29) is 16.8 Å². The smallest absolute Gasteiger partial charge is 0.243 e. The second-order valence-electron chi connectivity index (χ2n) is 5.71. The molecule has 6 nitrogen and oxygen atoms in total. The molecule has 0 saturated carbocycles. The predicted molar refractivity (Wildman–Crippen MR) is 95.2 cm³/mol. The van der Waals surface area contributed by atoms with Gasteiger partial charge in [-0.2, -0.15) is 0 Å². The monoisotopic (exact) mass is 394 g/mol. The van der Waals surface area contributed by atoms with Gasteiger partial charge in [0.2, 0.25) is 15.9 Å². The van der Waals surface area contributed by atoms with E-state index in [9.17, 15) is 13.2 Å². The lowest BCUT2D eigenvalue weighted by Crippen LogP contribution is -2.49. The fourth-order valence-electron chi connectivity index (χ4n) is 2.60. The summed E-state index contributed by atoms with van der Waals surface area (Å²) in [6.07, 6.45) is 2.84. The van der Waals surface area contributed by atoms with Gasteiger partial charge in [0.15, 0.2) is 0 Å². The Morgan fingerprint density at radius 1 is 1.46 bits per heavy atom. The van der Waals surface area contributed by atoms with Crippen molar-refractivity contribution in [2.24, 2.45) is 0 Å².